The van der Waals surface area contributed by atoms with Gasteiger partial charge in [-0.2, -0.15) is 0 Å². The quantitative estimate of drug-likeness (QED) is 0.334. The zero-order chi connectivity index (χ0) is 9.44. The minimum absolute atomic E-state index is 0.437. The van der Waals surface area contributed by atoms with Crippen LogP contribution in [0.15, 0.2) is 0 Å². The standard InChI is InChI=1S/C3H6N2O2.CH4N2O/c1-2(6)5-3(4)7;2-1(3)4/h1H3,(H3,4,5,6,7);(H4,2,3,4). The number of urea groups is 2. The normalized spacial score (nSPS) is 7.00. The highest BCUT2D eigenvalue weighted by atomic mass is 16.2. The predicted molar refractivity (Wildman–Crippen MR) is 37.2 cm³/mol. The highest BCUT2D eigenvalue weighted by Crippen LogP contribution is 1.55. The fraction of sp³-hybridized carbons (Fsp3) is 0.250. The maximum Gasteiger partial charge on any atom is 0.318 e. The smallest absolute Gasteiger partial charge is 0.318 e. The molecule has 7 N–H and O–H groups in total. The minimum atomic E-state index is -0.833. The van der Waals surface area contributed by atoms with Gasteiger partial charge in [-0.25, -0.2) is 9.59 Å². The number of imide groups is 1. The van der Waals surface area contributed by atoms with Crippen LogP contribution in [0.3, 0.4) is 0 Å². The maximum absolute atomic E-state index is 9.84. The van der Waals surface area contributed by atoms with E-state index in [1.54, 1.807) is 5.32 Å². The first kappa shape index (κ1) is 11.9. The SMILES string of the molecule is CC(=O)NC(N)=O.NC(N)=O. The van der Waals surface area contributed by atoms with Gasteiger partial charge in [-0.15, -0.1) is 0 Å². The number of carbonyl (C=O) groups is 3. The largest absolute Gasteiger partial charge is 0.352 e. The molecule has 0 aliphatic rings. The van der Waals surface area contributed by atoms with E-state index in [1.165, 1.54) is 6.92 Å². The third-order valence-electron chi connectivity index (χ3n) is 0.299. The van der Waals surface area contributed by atoms with Crippen molar-refractivity contribution < 1.29 is 14.4 Å². The number of nitrogens with two attached hydrogens (primary N) is 3. The van der Waals surface area contributed by atoms with Crippen molar-refractivity contribution in [3.63, 3.8) is 0 Å². The summed E-state index contributed by atoms with van der Waals surface area (Å²) in [5.74, 6) is -0.437. The summed E-state index contributed by atoms with van der Waals surface area (Å²) in [5, 5.41) is 1.81. The van der Waals surface area contributed by atoms with E-state index >= 15 is 0 Å². The van der Waals surface area contributed by atoms with Crippen molar-refractivity contribution >= 4 is 18.0 Å². The number of nitrogens with one attached hydrogen (secondary N) is 1. The molecule has 0 aliphatic carbocycles. The lowest BCUT2D eigenvalue weighted by molar-refractivity contribution is -0.117. The van der Waals surface area contributed by atoms with E-state index in [0.717, 1.165) is 0 Å². The van der Waals surface area contributed by atoms with Gasteiger partial charge in [0, 0.05) is 6.92 Å². The number of amides is 5. The summed E-state index contributed by atoms with van der Waals surface area (Å²) in [6.45, 7) is 1.21. The van der Waals surface area contributed by atoms with Crippen LogP contribution in [0, 0.1) is 0 Å². The molecule has 0 fully saturated rings. The van der Waals surface area contributed by atoms with Gasteiger partial charge in [-0.05, 0) is 0 Å². The van der Waals surface area contributed by atoms with Gasteiger partial charge in [0.2, 0.25) is 5.91 Å². The van der Waals surface area contributed by atoms with Crippen LogP contribution in [0.1, 0.15) is 6.92 Å². The van der Waals surface area contributed by atoms with E-state index in [-0.39, 0.29) is 0 Å². The molecule has 0 heterocycles. The number of carbonyl (C=O) groups excluding carboxylic acids is 3. The Morgan fingerprint density at radius 2 is 1.36 bits per heavy atom. The van der Waals surface area contributed by atoms with Crippen LogP contribution in [0.5, 0.6) is 0 Å². The topological polar surface area (TPSA) is 141 Å². The second kappa shape index (κ2) is 6.33. The summed E-state index contributed by atoms with van der Waals surface area (Å²) in [5.41, 5.74) is 13.0. The molecular weight excluding hydrogens is 152 g/mol. The molecule has 64 valence electrons. The van der Waals surface area contributed by atoms with Crippen molar-refractivity contribution in [2.45, 2.75) is 6.92 Å². The van der Waals surface area contributed by atoms with Crippen molar-refractivity contribution in [1.82, 2.24) is 5.32 Å². The molecule has 0 saturated heterocycles. The van der Waals surface area contributed by atoms with Crippen molar-refractivity contribution in [3.05, 3.63) is 0 Å². The van der Waals surface area contributed by atoms with Crippen molar-refractivity contribution in [3.8, 4) is 0 Å². The molecule has 7 nitrogen and oxygen atoms in total. The summed E-state index contributed by atoms with van der Waals surface area (Å²) >= 11 is 0. The van der Waals surface area contributed by atoms with Crippen LogP contribution in [-0.2, 0) is 4.79 Å². The van der Waals surface area contributed by atoms with E-state index in [0.29, 0.717) is 0 Å². The number of hydrogen-bond acceptors (Lipinski definition) is 3. The molecule has 11 heavy (non-hydrogen) atoms. The Labute approximate surface area is 62.9 Å². The molecule has 0 spiro atoms. The van der Waals surface area contributed by atoms with Gasteiger partial charge >= 0.3 is 12.1 Å². The van der Waals surface area contributed by atoms with Crippen LogP contribution in [0.4, 0.5) is 9.59 Å². The molecule has 0 rings (SSSR count). The van der Waals surface area contributed by atoms with E-state index in [4.69, 9.17) is 4.79 Å². The number of rotatable bonds is 0. The maximum atomic E-state index is 9.84. The Hall–Kier alpha value is -1.79. The molecule has 0 aliphatic heterocycles. The molecular formula is C4H10N4O3. The van der Waals surface area contributed by atoms with E-state index < -0.39 is 18.0 Å². The molecule has 0 aromatic carbocycles. The first-order valence-corrected chi connectivity index (χ1v) is 2.48. The summed E-state index contributed by atoms with van der Waals surface area (Å²) in [7, 11) is 0. The van der Waals surface area contributed by atoms with Crippen LogP contribution in [0.25, 0.3) is 0 Å². The Morgan fingerprint density at radius 3 is 1.36 bits per heavy atom. The van der Waals surface area contributed by atoms with Crippen molar-refractivity contribution in [2.24, 2.45) is 17.2 Å². The Kier molecular flexibility index (Phi) is 6.87. The lowest BCUT2D eigenvalue weighted by Crippen LogP contribution is -2.32. The lowest BCUT2D eigenvalue weighted by atomic mass is 10.7. The van der Waals surface area contributed by atoms with Gasteiger partial charge in [-0.1, -0.05) is 0 Å². The predicted octanol–water partition coefficient (Wildman–Crippen LogP) is -1.77. The molecule has 5 amide bonds. The lowest BCUT2D eigenvalue weighted by Gasteiger charge is -1.88. The van der Waals surface area contributed by atoms with Gasteiger partial charge < -0.3 is 17.2 Å². The van der Waals surface area contributed by atoms with E-state index in [1.807, 2.05) is 0 Å². The van der Waals surface area contributed by atoms with E-state index in [9.17, 15) is 9.59 Å². The molecule has 0 aromatic rings. The van der Waals surface area contributed by atoms with Crippen LogP contribution >= 0.6 is 0 Å². The first-order valence-electron chi connectivity index (χ1n) is 2.48. The van der Waals surface area contributed by atoms with Gasteiger partial charge in [0.25, 0.3) is 0 Å². The summed E-state index contributed by atoms with van der Waals surface area (Å²) in [4.78, 5) is 28.5. The second-order valence-electron chi connectivity index (χ2n) is 1.45. The van der Waals surface area contributed by atoms with Gasteiger partial charge in [-0.3, -0.25) is 10.1 Å². The van der Waals surface area contributed by atoms with Crippen LogP contribution < -0.4 is 22.5 Å². The fourth-order valence-corrected chi connectivity index (χ4v) is 0.173. The van der Waals surface area contributed by atoms with Gasteiger partial charge in [0.05, 0.1) is 0 Å². The van der Waals surface area contributed by atoms with Crippen LogP contribution in [0.2, 0.25) is 0 Å². The first-order chi connectivity index (χ1) is 4.86. The molecule has 0 aromatic heterocycles. The minimum Gasteiger partial charge on any atom is -0.352 e. The molecule has 0 radical (unpaired) electrons. The molecule has 0 unspecified atom stereocenters. The monoisotopic (exact) mass is 162 g/mol. The fourth-order valence-electron chi connectivity index (χ4n) is 0.173. The highest BCUT2D eigenvalue weighted by Gasteiger charge is 1.91. The zero-order valence-electron chi connectivity index (χ0n) is 5.96. The molecule has 0 atom stereocenters. The van der Waals surface area contributed by atoms with Crippen molar-refractivity contribution in [1.29, 1.82) is 0 Å². The van der Waals surface area contributed by atoms with Gasteiger partial charge in [0.1, 0.15) is 0 Å². The van der Waals surface area contributed by atoms with Crippen LogP contribution in [-0.4, -0.2) is 18.0 Å². The number of hydrogen-bond donors (Lipinski definition) is 4. The molecule has 7 heteroatoms. The molecule has 0 saturated carbocycles. The average molecular weight is 162 g/mol. The Morgan fingerprint density at radius 1 is 1.09 bits per heavy atom. The van der Waals surface area contributed by atoms with Gasteiger partial charge in [0.15, 0.2) is 0 Å². The summed E-state index contributed by atoms with van der Waals surface area (Å²) in [6, 6.07) is -1.65. The zero-order valence-corrected chi connectivity index (χ0v) is 5.96. The highest BCUT2D eigenvalue weighted by molar-refractivity contribution is 5.92. The Bertz CT molecular complexity index is 151. The third-order valence-corrected chi connectivity index (χ3v) is 0.299. The second-order valence-corrected chi connectivity index (χ2v) is 1.45. The third kappa shape index (κ3) is 64.8. The average Bonchev–Trinajstić information content (AvgIpc) is 1.56. The Balaban J connectivity index is 0. The summed E-state index contributed by atoms with van der Waals surface area (Å²) in [6.07, 6.45) is 0. The van der Waals surface area contributed by atoms with E-state index in [2.05, 4.69) is 17.2 Å². The summed E-state index contributed by atoms with van der Waals surface area (Å²) < 4.78 is 0. The van der Waals surface area contributed by atoms with Crippen molar-refractivity contribution in [2.75, 3.05) is 0 Å². The number of primary amides is 3. The molecule has 0 bridgehead atoms.